The van der Waals surface area contributed by atoms with E-state index in [0.717, 1.165) is 31.5 Å². The number of benzene rings is 2. The van der Waals surface area contributed by atoms with Crippen molar-refractivity contribution >= 4 is 5.97 Å². The summed E-state index contributed by atoms with van der Waals surface area (Å²) in [7, 11) is 0. The Hall–Kier alpha value is -2.13. The van der Waals surface area contributed by atoms with Crippen molar-refractivity contribution in [1.29, 1.82) is 0 Å². The summed E-state index contributed by atoms with van der Waals surface area (Å²) in [5.41, 5.74) is 1.68. The number of likely N-dealkylation sites (tertiary alicyclic amines) is 1. The summed E-state index contributed by atoms with van der Waals surface area (Å²) in [4.78, 5) is 14.3. The molecule has 1 fully saturated rings. The number of carboxylic acid groups (broad SMARTS) is 1. The van der Waals surface area contributed by atoms with E-state index in [1.807, 2.05) is 48.5 Å². The van der Waals surface area contributed by atoms with E-state index in [1.54, 1.807) is 0 Å². The first-order chi connectivity index (χ1) is 11.2. The number of nitrogens with zero attached hydrogens (tertiary/aromatic N) is 1. The van der Waals surface area contributed by atoms with Crippen molar-refractivity contribution in [1.82, 2.24) is 4.90 Å². The van der Waals surface area contributed by atoms with Crippen LogP contribution in [0.25, 0.3) is 0 Å². The summed E-state index contributed by atoms with van der Waals surface area (Å²) < 4.78 is 0. The Kier molecular flexibility index (Phi) is 4.77. The summed E-state index contributed by atoms with van der Waals surface area (Å²) >= 11 is 0. The summed E-state index contributed by atoms with van der Waals surface area (Å²) in [5, 5.41) is 9.91. The number of hydrogen-bond acceptors (Lipinski definition) is 2. The fourth-order valence-electron chi connectivity index (χ4n) is 3.58. The van der Waals surface area contributed by atoms with Crippen LogP contribution in [0.1, 0.15) is 24.0 Å². The molecule has 1 unspecified atom stereocenters. The van der Waals surface area contributed by atoms with Gasteiger partial charge in [0.25, 0.3) is 0 Å². The third-order valence-electron chi connectivity index (χ3n) is 4.74. The van der Waals surface area contributed by atoms with Gasteiger partial charge in [-0.25, -0.2) is 0 Å². The summed E-state index contributed by atoms with van der Waals surface area (Å²) in [6, 6.07) is 20.3. The maximum atomic E-state index is 12.1. The molecule has 1 heterocycles. The third kappa shape index (κ3) is 3.80. The Labute approximate surface area is 137 Å². The van der Waals surface area contributed by atoms with Crippen molar-refractivity contribution in [3.8, 4) is 0 Å². The van der Waals surface area contributed by atoms with Crippen LogP contribution >= 0.6 is 0 Å². The minimum Gasteiger partial charge on any atom is -0.481 e. The average molecular weight is 309 g/mol. The molecule has 1 aliphatic heterocycles. The van der Waals surface area contributed by atoms with E-state index in [0.29, 0.717) is 13.0 Å². The van der Waals surface area contributed by atoms with Crippen LogP contribution in [0.5, 0.6) is 0 Å². The zero-order valence-corrected chi connectivity index (χ0v) is 13.3. The molecule has 120 valence electrons. The first-order valence-corrected chi connectivity index (χ1v) is 8.22. The molecule has 1 saturated heterocycles. The molecule has 0 bridgehead atoms. The highest BCUT2D eigenvalue weighted by atomic mass is 16.4. The predicted molar refractivity (Wildman–Crippen MR) is 91.2 cm³/mol. The first-order valence-electron chi connectivity index (χ1n) is 8.22. The van der Waals surface area contributed by atoms with Gasteiger partial charge in [0, 0.05) is 13.1 Å². The fourth-order valence-corrected chi connectivity index (χ4v) is 3.58. The van der Waals surface area contributed by atoms with Crippen LogP contribution < -0.4 is 0 Å². The number of hydrogen-bond donors (Lipinski definition) is 1. The predicted octanol–water partition coefficient (Wildman–Crippen LogP) is 3.60. The molecule has 1 aliphatic rings. The first kappa shape index (κ1) is 15.8. The second kappa shape index (κ2) is 6.97. The fraction of sp³-hybridized carbons (Fsp3) is 0.350. The smallest absolute Gasteiger partial charge is 0.311 e. The van der Waals surface area contributed by atoms with Crippen molar-refractivity contribution in [2.24, 2.45) is 5.41 Å². The molecule has 3 nitrogen and oxygen atoms in total. The molecule has 23 heavy (non-hydrogen) atoms. The minimum atomic E-state index is -0.672. The highest BCUT2D eigenvalue weighted by molar-refractivity contribution is 5.75. The Morgan fingerprint density at radius 2 is 1.61 bits per heavy atom. The second-order valence-electron chi connectivity index (χ2n) is 6.55. The molecule has 0 aromatic heterocycles. The molecule has 0 aliphatic carbocycles. The topological polar surface area (TPSA) is 40.5 Å². The molecular formula is C20H23NO2. The van der Waals surface area contributed by atoms with Gasteiger partial charge in [-0.15, -0.1) is 0 Å². The Balaban J connectivity index is 1.76. The molecule has 0 spiro atoms. The average Bonchev–Trinajstić information content (AvgIpc) is 2.57. The number of aliphatic carboxylic acids is 1. The molecule has 0 saturated carbocycles. The van der Waals surface area contributed by atoms with Gasteiger partial charge in [-0.3, -0.25) is 9.69 Å². The molecular weight excluding hydrogens is 286 g/mol. The summed E-state index contributed by atoms with van der Waals surface area (Å²) in [6.07, 6.45) is 2.29. The Morgan fingerprint density at radius 3 is 2.22 bits per heavy atom. The van der Waals surface area contributed by atoms with Crippen LogP contribution in [0.15, 0.2) is 60.7 Å². The van der Waals surface area contributed by atoms with Gasteiger partial charge in [-0.2, -0.15) is 0 Å². The molecule has 1 atom stereocenters. The molecule has 3 heteroatoms. The van der Waals surface area contributed by atoms with Crippen LogP contribution in [-0.2, 0) is 17.8 Å². The number of carbonyl (C=O) groups is 1. The van der Waals surface area contributed by atoms with Crippen molar-refractivity contribution in [2.75, 3.05) is 13.1 Å². The molecule has 1 N–H and O–H groups in total. The van der Waals surface area contributed by atoms with E-state index in [1.165, 1.54) is 5.56 Å². The van der Waals surface area contributed by atoms with E-state index in [9.17, 15) is 9.90 Å². The lowest BCUT2D eigenvalue weighted by Crippen LogP contribution is -2.48. The zero-order valence-electron chi connectivity index (χ0n) is 13.3. The second-order valence-corrected chi connectivity index (χ2v) is 6.55. The lowest BCUT2D eigenvalue weighted by molar-refractivity contribution is -0.152. The number of rotatable bonds is 5. The summed E-state index contributed by atoms with van der Waals surface area (Å²) in [6.45, 7) is 2.41. The van der Waals surface area contributed by atoms with Gasteiger partial charge in [-0.05, 0) is 36.9 Å². The van der Waals surface area contributed by atoms with Crippen LogP contribution in [0, 0.1) is 5.41 Å². The normalized spacial score (nSPS) is 21.9. The van der Waals surface area contributed by atoms with Crippen LogP contribution in [0.2, 0.25) is 0 Å². The third-order valence-corrected chi connectivity index (χ3v) is 4.74. The van der Waals surface area contributed by atoms with Crippen LogP contribution in [-0.4, -0.2) is 29.1 Å². The van der Waals surface area contributed by atoms with Gasteiger partial charge >= 0.3 is 5.97 Å². The van der Waals surface area contributed by atoms with Crippen LogP contribution in [0.4, 0.5) is 0 Å². The van der Waals surface area contributed by atoms with Gasteiger partial charge in [-0.1, -0.05) is 60.7 Å². The summed E-state index contributed by atoms with van der Waals surface area (Å²) in [5.74, 6) is -0.667. The van der Waals surface area contributed by atoms with E-state index in [4.69, 9.17) is 0 Å². The molecule has 0 radical (unpaired) electrons. The quantitative estimate of drug-likeness (QED) is 0.917. The van der Waals surface area contributed by atoms with Gasteiger partial charge < -0.3 is 5.11 Å². The highest BCUT2D eigenvalue weighted by Gasteiger charge is 2.42. The molecule has 0 amide bonds. The van der Waals surface area contributed by atoms with Crippen molar-refractivity contribution in [3.63, 3.8) is 0 Å². The van der Waals surface area contributed by atoms with Crippen molar-refractivity contribution in [2.45, 2.75) is 25.8 Å². The zero-order chi connectivity index (χ0) is 16.1. The maximum Gasteiger partial charge on any atom is 0.311 e. The Bertz CT molecular complexity index is 641. The minimum absolute atomic E-state index is 0.606. The van der Waals surface area contributed by atoms with E-state index in [-0.39, 0.29) is 0 Å². The molecule has 2 aromatic carbocycles. The van der Waals surface area contributed by atoms with E-state index < -0.39 is 11.4 Å². The monoisotopic (exact) mass is 309 g/mol. The van der Waals surface area contributed by atoms with E-state index in [2.05, 4.69) is 17.0 Å². The number of carboxylic acids is 1. The standard InChI is InChI=1S/C20H23NO2/c22-19(23)20(14-17-8-3-1-4-9-17)12-7-13-21(16-20)15-18-10-5-2-6-11-18/h1-6,8-11H,7,12-16H2,(H,22,23). The van der Waals surface area contributed by atoms with Gasteiger partial charge in [0.15, 0.2) is 0 Å². The number of piperidine rings is 1. The Morgan fingerprint density at radius 1 is 1.00 bits per heavy atom. The van der Waals surface area contributed by atoms with Crippen LogP contribution in [0.3, 0.4) is 0 Å². The molecule has 2 aromatic rings. The van der Waals surface area contributed by atoms with Gasteiger partial charge in [0.1, 0.15) is 0 Å². The van der Waals surface area contributed by atoms with E-state index >= 15 is 0 Å². The lowest BCUT2D eigenvalue weighted by atomic mass is 9.75. The van der Waals surface area contributed by atoms with Crippen molar-refractivity contribution in [3.05, 3.63) is 71.8 Å². The van der Waals surface area contributed by atoms with Crippen molar-refractivity contribution < 1.29 is 9.90 Å². The van der Waals surface area contributed by atoms with Gasteiger partial charge in [0.05, 0.1) is 5.41 Å². The lowest BCUT2D eigenvalue weighted by Gasteiger charge is -2.40. The molecule has 3 rings (SSSR count). The largest absolute Gasteiger partial charge is 0.481 e. The highest BCUT2D eigenvalue weighted by Crippen LogP contribution is 2.34. The SMILES string of the molecule is O=C(O)C1(Cc2ccccc2)CCCN(Cc2ccccc2)C1. The maximum absolute atomic E-state index is 12.1. The van der Waals surface area contributed by atoms with Gasteiger partial charge in [0.2, 0.25) is 0 Å².